The summed E-state index contributed by atoms with van der Waals surface area (Å²) in [4.78, 5) is 24.5. The average Bonchev–Trinajstić information content (AvgIpc) is 2.74. The van der Waals surface area contributed by atoms with Crippen molar-refractivity contribution in [3.63, 3.8) is 0 Å². The van der Waals surface area contributed by atoms with Crippen LogP contribution in [0.4, 0.5) is 10.2 Å². The minimum Gasteiger partial charge on any atom is -0.352 e. The van der Waals surface area contributed by atoms with Crippen LogP contribution in [0.15, 0.2) is 49.3 Å². The number of piperazine rings is 1. The van der Waals surface area contributed by atoms with Crippen LogP contribution in [0.5, 0.6) is 0 Å². The van der Waals surface area contributed by atoms with E-state index >= 15 is 0 Å². The van der Waals surface area contributed by atoms with Crippen LogP contribution >= 0.6 is 23.2 Å². The number of carbonyl (C=O) groups excluding carboxylic acids is 1. The van der Waals surface area contributed by atoms with Gasteiger partial charge in [-0.15, -0.1) is 0 Å². The molecule has 1 saturated heterocycles. The van der Waals surface area contributed by atoms with E-state index in [-0.39, 0.29) is 5.91 Å². The summed E-state index contributed by atoms with van der Waals surface area (Å²) in [6, 6.07) is 7.74. The van der Waals surface area contributed by atoms with E-state index in [9.17, 15) is 9.18 Å². The third-order valence-electron chi connectivity index (χ3n) is 4.99. The van der Waals surface area contributed by atoms with Crippen LogP contribution in [0.3, 0.4) is 0 Å². The smallest absolute Gasteiger partial charge is 0.246 e. The van der Waals surface area contributed by atoms with Gasteiger partial charge in [0.05, 0.1) is 10.5 Å². The molecule has 0 radical (unpaired) electrons. The van der Waals surface area contributed by atoms with Crippen molar-refractivity contribution >= 4 is 45.8 Å². The number of anilines is 1. The Morgan fingerprint density at radius 2 is 1.76 bits per heavy atom. The first kappa shape index (κ1) is 19.6. The average molecular weight is 431 g/mol. The Bertz CT molecular complexity index is 1110. The molecule has 29 heavy (non-hydrogen) atoms. The molecule has 2 heterocycles. The van der Waals surface area contributed by atoms with E-state index in [1.807, 2.05) is 6.07 Å². The van der Waals surface area contributed by atoms with Gasteiger partial charge in [0.25, 0.3) is 0 Å². The summed E-state index contributed by atoms with van der Waals surface area (Å²) in [6.07, 6.45) is 2.82. The standard InChI is InChI=1S/C21H17Cl2FN4O/c1-2-20(29)27-5-7-28(8-6-27)21-16-10-15(14-9-13(24)3-4-17(14)22)18(23)11-19(16)25-12-26-21/h2-4,9-12H,1,5-8H2. The van der Waals surface area contributed by atoms with Crippen molar-refractivity contribution in [1.29, 1.82) is 0 Å². The molecule has 0 N–H and O–H groups in total. The molecule has 3 aromatic rings. The molecule has 0 saturated carbocycles. The maximum atomic E-state index is 13.8. The van der Waals surface area contributed by atoms with Crippen molar-refractivity contribution in [2.75, 3.05) is 31.1 Å². The molecule has 2 aromatic carbocycles. The fourth-order valence-corrected chi connectivity index (χ4v) is 3.97. The Balaban J connectivity index is 1.76. The number of benzene rings is 2. The van der Waals surface area contributed by atoms with Crippen LogP contribution in [-0.4, -0.2) is 47.0 Å². The van der Waals surface area contributed by atoms with Crippen LogP contribution in [-0.2, 0) is 4.79 Å². The lowest BCUT2D eigenvalue weighted by molar-refractivity contribution is -0.126. The number of rotatable bonds is 3. The van der Waals surface area contributed by atoms with Gasteiger partial charge in [0.2, 0.25) is 5.91 Å². The summed E-state index contributed by atoms with van der Waals surface area (Å²) in [5.74, 6) is 0.270. The monoisotopic (exact) mass is 430 g/mol. The topological polar surface area (TPSA) is 49.3 Å². The van der Waals surface area contributed by atoms with Gasteiger partial charge in [-0.2, -0.15) is 0 Å². The van der Waals surface area contributed by atoms with E-state index in [1.165, 1.54) is 30.6 Å². The minimum atomic E-state index is -0.395. The Hall–Kier alpha value is -2.70. The molecule has 0 bridgehead atoms. The van der Waals surface area contributed by atoms with Gasteiger partial charge in [-0.3, -0.25) is 4.79 Å². The van der Waals surface area contributed by atoms with Crippen LogP contribution in [0.1, 0.15) is 0 Å². The third-order valence-corrected chi connectivity index (χ3v) is 5.63. The molecule has 4 rings (SSSR count). The van der Waals surface area contributed by atoms with Gasteiger partial charge in [-0.1, -0.05) is 29.8 Å². The highest BCUT2D eigenvalue weighted by Gasteiger charge is 2.22. The van der Waals surface area contributed by atoms with E-state index in [0.29, 0.717) is 52.9 Å². The second kappa shape index (κ2) is 7.97. The molecule has 0 unspecified atom stereocenters. The lowest BCUT2D eigenvalue weighted by Gasteiger charge is -2.35. The van der Waals surface area contributed by atoms with Crippen molar-refractivity contribution in [2.24, 2.45) is 0 Å². The first-order valence-electron chi connectivity index (χ1n) is 9.04. The predicted octanol–water partition coefficient (Wildman–Crippen LogP) is 4.58. The maximum Gasteiger partial charge on any atom is 0.246 e. The van der Waals surface area contributed by atoms with Gasteiger partial charge in [-0.25, -0.2) is 14.4 Å². The highest BCUT2D eigenvalue weighted by molar-refractivity contribution is 6.37. The molecule has 0 atom stereocenters. The quantitative estimate of drug-likeness (QED) is 0.570. The summed E-state index contributed by atoms with van der Waals surface area (Å²) in [7, 11) is 0. The van der Waals surface area contributed by atoms with Crippen molar-refractivity contribution in [2.45, 2.75) is 0 Å². The Morgan fingerprint density at radius 1 is 1.03 bits per heavy atom. The third kappa shape index (κ3) is 3.78. The molecule has 5 nitrogen and oxygen atoms in total. The van der Waals surface area contributed by atoms with E-state index in [2.05, 4.69) is 21.4 Å². The fourth-order valence-electron chi connectivity index (χ4n) is 3.49. The van der Waals surface area contributed by atoms with Crippen molar-refractivity contribution in [3.05, 3.63) is 65.2 Å². The second-order valence-corrected chi connectivity index (χ2v) is 7.50. The van der Waals surface area contributed by atoms with Gasteiger partial charge in [-0.05, 0) is 36.4 Å². The SMILES string of the molecule is C=CC(=O)N1CCN(c2ncnc3cc(Cl)c(-c4cc(F)ccc4Cl)cc23)CC1. The lowest BCUT2D eigenvalue weighted by Crippen LogP contribution is -2.48. The second-order valence-electron chi connectivity index (χ2n) is 6.69. The zero-order valence-electron chi connectivity index (χ0n) is 15.4. The maximum absolute atomic E-state index is 13.8. The molecule has 1 aliphatic heterocycles. The molecular weight excluding hydrogens is 414 g/mol. The van der Waals surface area contributed by atoms with Gasteiger partial charge < -0.3 is 9.80 Å². The number of amides is 1. The number of halogens is 3. The Labute approximate surface area is 177 Å². The molecule has 1 aromatic heterocycles. The van der Waals surface area contributed by atoms with E-state index in [1.54, 1.807) is 11.0 Å². The largest absolute Gasteiger partial charge is 0.352 e. The molecule has 1 fully saturated rings. The van der Waals surface area contributed by atoms with Crippen LogP contribution in [0, 0.1) is 5.82 Å². The van der Waals surface area contributed by atoms with E-state index < -0.39 is 5.82 Å². The first-order valence-corrected chi connectivity index (χ1v) is 9.79. The molecule has 0 aliphatic carbocycles. The number of hydrogen-bond donors (Lipinski definition) is 0. The summed E-state index contributed by atoms with van der Waals surface area (Å²) < 4.78 is 13.8. The Kier molecular flexibility index (Phi) is 5.39. The van der Waals surface area contributed by atoms with Crippen molar-refractivity contribution < 1.29 is 9.18 Å². The summed E-state index contributed by atoms with van der Waals surface area (Å²) in [5.41, 5.74) is 1.80. The van der Waals surface area contributed by atoms with Gasteiger partial charge in [0.15, 0.2) is 0 Å². The Morgan fingerprint density at radius 3 is 2.48 bits per heavy atom. The highest BCUT2D eigenvalue weighted by atomic mass is 35.5. The number of nitrogens with zero attached hydrogens (tertiary/aromatic N) is 4. The van der Waals surface area contributed by atoms with Crippen molar-refractivity contribution in [1.82, 2.24) is 14.9 Å². The zero-order valence-corrected chi connectivity index (χ0v) is 16.9. The number of aromatic nitrogens is 2. The minimum absolute atomic E-state index is 0.0768. The zero-order chi connectivity index (χ0) is 20.5. The summed E-state index contributed by atoms with van der Waals surface area (Å²) >= 11 is 12.8. The molecule has 148 valence electrons. The number of carbonyl (C=O) groups is 1. The molecule has 0 spiro atoms. The van der Waals surface area contributed by atoms with Crippen LogP contribution in [0.2, 0.25) is 10.0 Å². The number of hydrogen-bond acceptors (Lipinski definition) is 4. The first-order chi connectivity index (χ1) is 14.0. The van der Waals surface area contributed by atoms with Crippen molar-refractivity contribution in [3.8, 4) is 11.1 Å². The molecule has 1 amide bonds. The van der Waals surface area contributed by atoms with Gasteiger partial charge >= 0.3 is 0 Å². The van der Waals surface area contributed by atoms with E-state index in [4.69, 9.17) is 23.2 Å². The van der Waals surface area contributed by atoms with Crippen LogP contribution in [0.25, 0.3) is 22.0 Å². The van der Waals surface area contributed by atoms with Gasteiger partial charge in [0.1, 0.15) is 18.0 Å². The normalized spacial score (nSPS) is 14.3. The predicted molar refractivity (Wildman–Crippen MR) is 114 cm³/mol. The lowest BCUT2D eigenvalue weighted by atomic mass is 10.0. The number of fused-ring (bicyclic) bond motifs is 1. The highest BCUT2D eigenvalue weighted by Crippen LogP contribution is 2.38. The van der Waals surface area contributed by atoms with E-state index in [0.717, 1.165) is 11.2 Å². The molecule has 8 heteroatoms. The summed E-state index contributed by atoms with van der Waals surface area (Å²) in [6.45, 7) is 5.95. The van der Waals surface area contributed by atoms with Gasteiger partial charge in [0, 0.05) is 47.7 Å². The molecular formula is C21H17Cl2FN4O. The van der Waals surface area contributed by atoms with Crippen LogP contribution < -0.4 is 4.90 Å². The molecule has 1 aliphatic rings. The summed E-state index contributed by atoms with van der Waals surface area (Å²) in [5, 5.41) is 1.62. The fraction of sp³-hybridized carbons (Fsp3) is 0.190.